The van der Waals surface area contributed by atoms with Gasteiger partial charge < -0.3 is 5.32 Å². The van der Waals surface area contributed by atoms with Crippen molar-refractivity contribution in [2.45, 2.75) is 20.3 Å². The average Bonchev–Trinajstić information content (AvgIpc) is 2.59. The molecule has 0 radical (unpaired) electrons. The van der Waals surface area contributed by atoms with Crippen LogP contribution in [0.15, 0.2) is 0 Å². The highest BCUT2D eigenvalue weighted by atomic mass is 16.1. The molecular weight excluding hydrogens is 114 g/mol. The van der Waals surface area contributed by atoms with E-state index in [2.05, 4.69) is 19.2 Å². The van der Waals surface area contributed by atoms with Crippen LogP contribution in [0.2, 0.25) is 0 Å². The van der Waals surface area contributed by atoms with Crippen LogP contribution in [0.1, 0.15) is 26.2 Å². The number of hydrogen-bond acceptors (Lipinski definition) is 1. The Hall–Kier alpha value is -0.530. The van der Waals surface area contributed by atoms with Gasteiger partial charge in [0.05, 0.1) is 0 Å². The topological polar surface area (TPSA) is 29.1 Å². The Labute approximate surface area is 61.8 Å². The van der Waals surface area contributed by atoms with Crippen molar-refractivity contribution in [3.05, 3.63) is 0 Å². The van der Waals surface area contributed by atoms with Gasteiger partial charge in [0.25, 0.3) is 0 Å². The zero-order valence-corrected chi connectivity index (χ0v) is 5.98. The third-order valence-corrected chi connectivity index (χ3v) is 1.95. The summed E-state index contributed by atoms with van der Waals surface area (Å²) in [5.74, 6) is 1.44. The molecule has 2 heteroatoms. The number of carbonyl (C=O) groups is 1. The number of rotatable bonds is 1. The SMILES string of the molecule is CC(C)C1CNC(=O)C1.[2H][2H].[2H][2H]. The van der Waals surface area contributed by atoms with Crippen molar-refractivity contribution < 1.29 is 10.7 Å². The van der Waals surface area contributed by atoms with E-state index < -0.39 is 0 Å². The summed E-state index contributed by atoms with van der Waals surface area (Å²) in [5.41, 5.74) is 0. The second kappa shape index (κ2) is 2.38. The number of nitrogens with one attached hydrogen (secondary N) is 1. The van der Waals surface area contributed by atoms with E-state index in [0.29, 0.717) is 11.8 Å². The molecule has 1 aliphatic rings. The van der Waals surface area contributed by atoms with Crippen LogP contribution in [0.5, 0.6) is 0 Å². The molecule has 1 rings (SSSR count). The lowest BCUT2D eigenvalue weighted by Gasteiger charge is -2.09. The van der Waals surface area contributed by atoms with Gasteiger partial charge in [0, 0.05) is 18.9 Å². The lowest BCUT2D eigenvalue weighted by Crippen LogP contribution is -2.15. The minimum absolute atomic E-state index is 0.216. The van der Waals surface area contributed by atoms with Gasteiger partial charge in [-0.1, -0.05) is 13.8 Å². The summed E-state index contributed by atoms with van der Waals surface area (Å²) in [6, 6.07) is 0. The monoisotopic (exact) mass is 135 g/mol. The molecule has 1 N–H and O–H groups in total. The summed E-state index contributed by atoms with van der Waals surface area (Å²) in [7, 11) is 0. The van der Waals surface area contributed by atoms with Crippen LogP contribution in [0, 0.1) is 11.8 Å². The Balaban J connectivity index is 0. The van der Waals surface area contributed by atoms with Crippen molar-refractivity contribution in [1.29, 1.82) is 0 Å². The molecule has 1 aliphatic heterocycles. The van der Waals surface area contributed by atoms with Crippen LogP contribution in [-0.4, -0.2) is 12.5 Å². The van der Waals surface area contributed by atoms with Crippen molar-refractivity contribution in [1.82, 2.24) is 5.32 Å². The van der Waals surface area contributed by atoms with Gasteiger partial charge >= 0.3 is 0 Å². The lowest BCUT2D eigenvalue weighted by molar-refractivity contribution is -0.119. The van der Waals surface area contributed by atoms with Crippen LogP contribution in [0.4, 0.5) is 0 Å². The number of amides is 1. The van der Waals surface area contributed by atoms with E-state index in [9.17, 15) is 4.79 Å². The van der Waals surface area contributed by atoms with Gasteiger partial charge in [-0.2, -0.15) is 0 Å². The quantitative estimate of drug-likeness (QED) is 0.576. The average molecular weight is 135 g/mol. The molecule has 1 amide bonds. The number of hydrogen-bond donors (Lipinski definition) is 1. The van der Waals surface area contributed by atoms with E-state index in [-0.39, 0.29) is 5.91 Å². The van der Waals surface area contributed by atoms with E-state index in [4.69, 9.17) is 5.94 Å². The second-order valence-corrected chi connectivity index (χ2v) is 3.01. The molecule has 2 nitrogen and oxygen atoms in total. The third-order valence-electron chi connectivity index (χ3n) is 1.95. The lowest BCUT2D eigenvalue weighted by atomic mass is 9.95. The van der Waals surface area contributed by atoms with Crippen molar-refractivity contribution in [3.8, 4) is 0 Å². The molecule has 0 aliphatic carbocycles. The van der Waals surface area contributed by atoms with Gasteiger partial charge in [-0.25, -0.2) is 0 Å². The first kappa shape index (κ1) is 4.31. The van der Waals surface area contributed by atoms with Gasteiger partial charge in [-0.15, -0.1) is 0 Å². The van der Waals surface area contributed by atoms with Gasteiger partial charge in [0.1, 0.15) is 0 Å². The number of carbonyl (C=O) groups excluding carboxylic acids is 1. The Bertz CT molecular complexity index is 132. The second-order valence-electron chi connectivity index (χ2n) is 3.01. The van der Waals surface area contributed by atoms with Crippen LogP contribution in [0.25, 0.3) is 0 Å². The maximum absolute atomic E-state index is 10.6. The van der Waals surface area contributed by atoms with Crippen molar-refractivity contribution in [2.75, 3.05) is 6.54 Å². The summed E-state index contributed by atoms with van der Waals surface area (Å²) >= 11 is 0. The fourth-order valence-corrected chi connectivity index (χ4v) is 1.10. The molecule has 0 spiro atoms. The Morgan fingerprint density at radius 3 is 2.78 bits per heavy atom. The highest BCUT2D eigenvalue weighted by molar-refractivity contribution is 5.78. The maximum Gasteiger partial charge on any atom is 0.220 e. The van der Waals surface area contributed by atoms with Crippen LogP contribution in [-0.2, 0) is 4.79 Å². The summed E-state index contributed by atoms with van der Waals surface area (Å²) in [5, 5.41) is 2.81. The predicted molar refractivity (Wildman–Crippen MR) is 40.2 cm³/mol. The van der Waals surface area contributed by atoms with Crippen LogP contribution < -0.4 is 5.32 Å². The minimum atomic E-state index is 0.216. The highest BCUT2D eigenvalue weighted by Gasteiger charge is 2.23. The smallest absolute Gasteiger partial charge is 0.220 e. The van der Waals surface area contributed by atoms with Crippen molar-refractivity contribution >= 4 is 5.91 Å². The molecule has 56 valence electrons. The normalized spacial score (nSPS) is 28.8. The molecule has 1 unspecified atom stereocenters. The summed E-state index contributed by atoms with van der Waals surface area (Å²) < 4.78 is 20.0. The molecule has 0 aromatic rings. The first-order chi connectivity index (χ1) is 6.20. The molecule has 0 saturated carbocycles. The van der Waals surface area contributed by atoms with Gasteiger partial charge in [0.15, 0.2) is 0 Å². The molecular formula is C7H17NO. The zero-order valence-electron chi connectivity index (χ0n) is 9.98. The molecule has 0 bridgehead atoms. The molecule has 9 heavy (non-hydrogen) atoms. The first-order valence-electron chi connectivity index (χ1n) is 5.47. The van der Waals surface area contributed by atoms with E-state index >= 15 is 0 Å². The summed E-state index contributed by atoms with van der Waals surface area (Å²) in [6.45, 7) is 5.20. The largest absolute Gasteiger partial charge is 0.356 e. The molecule has 0 aromatic heterocycles. The fraction of sp³-hybridized carbons (Fsp3) is 0.857. The first-order valence-corrected chi connectivity index (χ1v) is 3.47. The summed E-state index contributed by atoms with van der Waals surface area (Å²) in [4.78, 5) is 10.6. The summed E-state index contributed by atoms with van der Waals surface area (Å²) in [6.07, 6.45) is 0.734. The molecule has 1 heterocycles. The Morgan fingerprint density at radius 1 is 1.89 bits per heavy atom. The Kier molecular flexibility index (Phi) is 1.14. The molecule has 1 atom stereocenters. The molecule has 1 saturated heterocycles. The minimum Gasteiger partial charge on any atom is -0.356 e. The van der Waals surface area contributed by atoms with Gasteiger partial charge in [-0.05, 0) is 11.8 Å². The van der Waals surface area contributed by atoms with Gasteiger partial charge in [0.2, 0.25) is 5.91 Å². The van der Waals surface area contributed by atoms with E-state index in [0.717, 1.165) is 13.0 Å². The maximum atomic E-state index is 10.6. The molecule has 0 aromatic carbocycles. The van der Waals surface area contributed by atoms with Crippen molar-refractivity contribution in [3.63, 3.8) is 0 Å². The third kappa shape index (κ3) is 1.44. The van der Waals surface area contributed by atoms with E-state index in [1.807, 2.05) is 0 Å². The van der Waals surface area contributed by atoms with E-state index in [1.165, 1.54) is 0 Å². The Morgan fingerprint density at radius 2 is 2.56 bits per heavy atom. The predicted octanol–water partition coefficient (Wildman–Crippen LogP) is 1.27. The van der Waals surface area contributed by atoms with E-state index in [1.54, 1.807) is 0 Å². The van der Waals surface area contributed by atoms with Gasteiger partial charge in [-0.3, -0.25) is 4.79 Å². The zero-order chi connectivity index (χ0) is 10.9. The van der Waals surface area contributed by atoms with Crippen molar-refractivity contribution in [2.24, 2.45) is 11.8 Å². The van der Waals surface area contributed by atoms with Crippen LogP contribution in [0.3, 0.4) is 0 Å². The fourth-order valence-electron chi connectivity index (χ4n) is 1.10. The highest BCUT2D eigenvalue weighted by Crippen LogP contribution is 2.17. The molecule has 1 fully saturated rings. The standard InChI is InChI=1S/C7H13NO.2H2/c1-5(2)6-3-7(9)8-4-6;;/h5-6H,3-4H2,1-2H3,(H,8,9);2*1H/i;2*1+1D. The van der Waals surface area contributed by atoms with Crippen LogP contribution >= 0.6 is 0 Å².